The van der Waals surface area contributed by atoms with Crippen LogP contribution in [0.5, 0.6) is 0 Å². The van der Waals surface area contributed by atoms with Crippen LogP contribution in [0.25, 0.3) is 0 Å². The van der Waals surface area contributed by atoms with E-state index in [1.165, 1.54) is 6.92 Å². The highest BCUT2D eigenvalue weighted by molar-refractivity contribution is 7.93. The zero-order chi connectivity index (χ0) is 34.0. The van der Waals surface area contributed by atoms with Gasteiger partial charge in [0.05, 0.1) is 14.1 Å². The third-order valence-corrected chi connectivity index (χ3v) is 6.16. The molecule has 0 fully saturated rings. The number of nitrogens with zero attached hydrogens (tertiary/aromatic N) is 1. The molecule has 3 aromatic rings. The van der Waals surface area contributed by atoms with Gasteiger partial charge in [-0.2, -0.15) is 0 Å². The number of anilines is 2. The number of hydrogen-bond acceptors (Lipinski definition) is 7. The maximum absolute atomic E-state index is 13.4. The van der Waals surface area contributed by atoms with Gasteiger partial charge in [-0.25, -0.2) is 13.1 Å². The second-order valence-corrected chi connectivity index (χ2v) is 8.30. The summed E-state index contributed by atoms with van der Waals surface area (Å²) >= 11 is 0.489. The fourth-order valence-electron chi connectivity index (χ4n) is 2.28. The van der Waals surface area contributed by atoms with Crippen LogP contribution < -0.4 is 10.0 Å². The second kappa shape index (κ2) is 8.04. The number of amides is 1. The average molecular weight is 462 g/mol. The van der Waals surface area contributed by atoms with Gasteiger partial charge in [-0.15, -0.1) is 11.3 Å². The Morgan fingerprint density at radius 1 is 1.27 bits per heavy atom. The van der Waals surface area contributed by atoms with E-state index in [1.54, 1.807) is 0 Å². The standard InChI is InChI=1S/C20H21N3O5S2/c1-10-8-11(2)17(15(9-10)14(5)24)21-19(25)18-16(6-7-29-18)30(26,27)23-20-12(3)13(4)22-28-20/h6-9,23H,1-5H3,(H,21,25)/i1D3,2D3,4D3,5D3,8D,9D. The van der Waals surface area contributed by atoms with Gasteiger partial charge in [0.25, 0.3) is 15.9 Å². The molecule has 3 rings (SSSR count). The van der Waals surface area contributed by atoms with Crippen LogP contribution in [0.15, 0.2) is 32.9 Å². The maximum Gasteiger partial charge on any atom is 0.267 e. The van der Waals surface area contributed by atoms with Gasteiger partial charge in [0.1, 0.15) is 9.77 Å². The van der Waals surface area contributed by atoms with E-state index >= 15 is 0 Å². The molecular formula is C20H21N3O5S2. The third-order valence-electron chi connectivity index (χ3n) is 3.74. The number of rotatable bonds is 6. The highest BCUT2D eigenvalue weighted by atomic mass is 32.2. The summed E-state index contributed by atoms with van der Waals surface area (Å²) in [6.07, 6.45) is 0. The summed E-state index contributed by atoms with van der Waals surface area (Å²) in [4.78, 5) is 25.0. The summed E-state index contributed by atoms with van der Waals surface area (Å²) in [5.74, 6) is -3.95. The summed E-state index contributed by atoms with van der Waals surface area (Å²) in [5.41, 5.74) is -5.77. The molecule has 158 valence electrons. The molecule has 2 aromatic heterocycles. The average Bonchev–Trinajstić information content (AvgIpc) is 3.44. The van der Waals surface area contributed by atoms with Gasteiger partial charge in [0.2, 0.25) is 5.88 Å². The largest absolute Gasteiger partial charge is 0.337 e. The minimum absolute atomic E-state index is 0.190. The van der Waals surface area contributed by atoms with Gasteiger partial charge >= 0.3 is 0 Å². The van der Waals surface area contributed by atoms with Crippen molar-refractivity contribution in [2.45, 2.75) is 39.2 Å². The van der Waals surface area contributed by atoms with Crippen molar-refractivity contribution in [3.05, 3.63) is 56.4 Å². The summed E-state index contributed by atoms with van der Waals surface area (Å²) < 4.78 is 141. The number of aryl methyl sites for hydroxylation is 1. The first-order valence-electron chi connectivity index (χ1n) is 14.8. The van der Waals surface area contributed by atoms with Gasteiger partial charge in [-0.05, 0) is 62.9 Å². The van der Waals surface area contributed by atoms with E-state index in [0.29, 0.717) is 11.3 Å². The molecule has 0 saturated carbocycles. The Hall–Kier alpha value is -2.98. The Bertz CT molecular complexity index is 1750. The van der Waals surface area contributed by atoms with Crippen LogP contribution in [0.3, 0.4) is 0 Å². The number of aromatic nitrogens is 1. The van der Waals surface area contributed by atoms with Crippen molar-refractivity contribution < 1.29 is 41.7 Å². The van der Waals surface area contributed by atoms with E-state index in [4.69, 9.17) is 23.7 Å². The van der Waals surface area contributed by atoms with Crippen LogP contribution in [0.4, 0.5) is 11.6 Å². The second-order valence-electron chi connectivity index (χ2n) is 5.74. The van der Waals surface area contributed by atoms with Gasteiger partial charge in [-0.1, -0.05) is 11.2 Å². The summed E-state index contributed by atoms with van der Waals surface area (Å²) in [6.45, 7) is -11.9. The number of ketones is 1. The third kappa shape index (κ3) is 4.14. The van der Waals surface area contributed by atoms with Gasteiger partial charge in [0.15, 0.2) is 5.78 Å². The lowest BCUT2D eigenvalue weighted by Crippen LogP contribution is -2.20. The molecule has 0 radical (unpaired) electrons. The fourth-order valence-corrected chi connectivity index (χ4v) is 4.65. The quantitative estimate of drug-likeness (QED) is 0.531. The maximum atomic E-state index is 13.4. The lowest BCUT2D eigenvalue weighted by Gasteiger charge is -2.14. The summed E-state index contributed by atoms with van der Waals surface area (Å²) in [6, 6.07) is -1.70. The molecule has 1 aromatic carbocycles. The van der Waals surface area contributed by atoms with Gasteiger partial charge in [0, 0.05) is 27.6 Å². The molecule has 10 heteroatoms. The number of carbonyl (C=O) groups is 2. The van der Waals surface area contributed by atoms with Crippen molar-refractivity contribution in [3.63, 3.8) is 0 Å². The van der Waals surface area contributed by atoms with Crippen molar-refractivity contribution in [1.82, 2.24) is 5.16 Å². The van der Waals surface area contributed by atoms with Crippen LogP contribution in [0, 0.1) is 27.5 Å². The van der Waals surface area contributed by atoms with E-state index < -0.39 is 105 Å². The van der Waals surface area contributed by atoms with Crippen molar-refractivity contribution >= 4 is 44.6 Å². The van der Waals surface area contributed by atoms with Crippen molar-refractivity contribution in [2.24, 2.45) is 0 Å². The lowest BCUT2D eigenvalue weighted by atomic mass is 10.0. The minimum Gasteiger partial charge on any atom is -0.337 e. The Morgan fingerprint density at radius 3 is 2.77 bits per heavy atom. The molecule has 2 heterocycles. The smallest absolute Gasteiger partial charge is 0.267 e. The van der Waals surface area contributed by atoms with E-state index in [1.807, 2.05) is 10.0 Å². The molecule has 0 spiro atoms. The molecule has 30 heavy (non-hydrogen) atoms. The van der Waals surface area contributed by atoms with Crippen LogP contribution in [0.1, 0.15) is 68.5 Å². The zero-order valence-electron chi connectivity index (χ0n) is 29.0. The first kappa shape index (κ1) is 9.88. The monoisotopic (exact) mass is 461 g/mol. The molecular weight excluding hydrogens is 426 g/mol. The summed E-state index contributed by atoms with van der Waals surface area (Å²) in [7, 11) is -4.76. The molecule has 0 bridgehead atoms. The predicted molar refractivity (Wildman–Crippen MR) is 115 cm³/mol. The topological polar surface area (TPSA) is 118 Å². The fraction of sp³-hybridized carbons (Fsp3) is 0.250. The van der Waals surface area contributed by atoms with Crippen LogP contribution in [-0.4, -0.2) is 25.3 Å². The molecule has 0 saturated heterocycles. The number of carbonyl (C=O) groups excluding carboxylic acids is 2. The number of hydrogen-bond donors (Lipinski definition) is 2. The molecule has 0 aliphatic heterocycles. The lowest BCUT2D eigenvalue weighted by molar-refractivity contribution is 0.101. The van der Waals surface area contributed by atoms with E-state index in [9.17, 15) is 18.0 Å². The van der Waals surface area contributed by atoms with Crippen LogP contribution >= 0.6 is 11.3 Å². The molecule has 0 unspecified atom stereocenters. The van der Waals surface area contributed by atoms with Crippen molar-refractivity contribution in [2.75, 3.05) is 10.0 Å². The summed E-state index contributed by atoms with van der Waals surface area (Å²) in [5, 5.41) is 6.38. The molecule has 1 amide bonds. The van der Waals surface area contributed by atoms with Crippen molar-refractivity contribution in [3.8, 4) is 0 Å². The molecule has 8 nitrogen and oxygen atoms in total. The SMILES string of the molecule is [2H]c1c(C(=O)C([2H])([2H])[2H])c(NC(=O)c2sccc2S(=O)(=O)Nc2onc(C([2H])([2H])[2H])c2C)c(C([2H])([2H])[2H])c([2H])c1C([2H])([2H])[2H]. The first-order valence-corrected chi connectivity index (χ1v) is 10.2. The number of sulfonamides is 1. The van der Waals surface area contributed by atoms with E-state index in [0.717, 1.165) is 11.4 Å². The van der Waals surface area contributed by atoms with Crippen LogP contribution in [0.2, 0.25) is 0 Å². The Labute approximate surface area is 198 Å². The number of Topliss-reactive ketones (excluding diaryl/α,β-unsaturated/α-hetero) is 1. The van der Waals surface area contributed by atoms with Gasteiger partial charge in [-0.3, -0.25) is 9.59 Å². The first-order chi connectivity index (χ1) is 19.7. The Balaban J connectivity index is 2.22. The number of nitrogens with one attached hydrogen (secondary N) is 2. The molecule has 0 aliphatic rings. The molecule has 2 N–H and O–H groups in total. The van der Waals surface area contributed by atoms with Crippen molar-refractivity contribution in [1.29, 1.82) is 0 Å². The van der Waals surface area contributed by atoms with E-state index in [-0.39, 0.29) is 5.56 Å². The van der Waals surface area contributed by atoms with Crippen LogP contribution in [-0.2, 0) is 10.0 Å². The number of benzene rings is 1. The zero-order valence-corrected chi connectivity index (χ0v) is 16.6. The Morgan fingerprint density at radius 2 is 2.10 bits per heavy atom. The predicted octanol–water partition coefficient (Wildman–Crippen LogP) is 4.23. The van der Waals surface area contributed by atoms with E-state index in [2.05, 4.69) is 5.16 Å². The number of thiophene rings is 1. The molecule has 0 atom stereocenters. The Kier molecular flexibility index (Phi) is 2.65. The highest BCUT2D eigenvalue weighted by Crippen LogP contribution is 2.29. The minimum atomic E-state index is -4.76. The van der Waals surface area contributed by atoms with Gasteiger partial charge < -0.3 is 9.84 Å². The normalized spacial score (nSPS) is 19.9. The highest BCUT2D eigenvalue weighted by Gasteiger charge is 2.27. The molecule has 0 aliphatic carbocycles.